The van der Waals surface area contributed by atoms with E-state index in [4.69, 9.17) is 104 Å². The molecule has 0 aliphatic carbocycles. The molecular weight excluding hydrogens is 880 g/mol. The molecule has 0 saturated carbocycles. The topological polar surface area (TPSA) is 118 Å². The van der Waals surface area contributed by atoms with Crippen LogP contribution >= 0.6 is 0 Å². The van der Waals surface area contributed by atoms with Crippen LogP contribution < -0.4 is 4.74 Å². The van der Waals surface area contributed by atoms with E-state index in [-0.39, 0.29) is 37.0 Å². The summed E-state index contributed by atoms with van der Waals surface area (Å²) in [5, 5.41) is 1.19. The van der Waals surface area contributed by atoms with Crippen LogP contribution in [0.4, 0.5) is 0 Å². The predicted octanol–water partition coefficient (Wildman–Crippen LogP) is 3.61. The van der Waals surface area contributed by atoms with Crippen molar-refractivity contribution in [1.82, 2.24) is 39.9 Å². The average Bonchev–Trinajstić information content (AvgIpc) is 4.05. The number of rotatable bonds is 14. The zero-order chi connectivity index (χ0) is 50.8. The van der Waals surface area contributed by atoms with Crippen LogP contribution in [0.15, 0.2) is 103 Å². The smallest absolute Gasteiger partial charge is 0.164 e. The largest absolute Gasteiger partial charge is 0.456 e. The van der Waals surface area contributed by atoms with Crippen LogP contribution in [-0.4, -0.2) is 172 Å². The Balaban J connectivity index is 1.07. The molecular formula is C47H28B18N8O. The third-order valence-corrected chi connectivity index (χ3v) is 16.7. The minimum atomic E-state index is -0.680. The van der Waals surface area contributed by atoms with Crippen molar-refractivity contribution in [1.29, 1.82) is 0 Å². The Morgan fingerprint density at radius 3 is 1.26 bits per heavy atom. The maximum atomic E-state index is 7.47. The molecule has 316 valence electrons. The highest BCUT2D eigenvalue weighted by Crippen LogP contribution is 2.66. The molecule has 5 aromatic carbocycles. The summed E-state index contributed by atoms with van der Waals surface area (Å²) in [6, 6.07) is 33.9. The number of nitrogens with one attached hydrogen (secondary N) is 2. The zero-order valence-corrected chi connectivity index (χ0v) is 40.2. The number of aromatic amines is 2. The van der Waals surface area contributed by atoms with E-state index in [0.29, 0.717) is 87.4 Å². The van der Waals surface area contributed by atoms with Gasteiger partial charge in [-0.1, -0.05) is 97.1 Å². The molecule has 13 rings (SSSR count). The van der Waals surface area contributed by atoms with Gasteiger partial charge in [0.15, 0.2) is 23.3 Å². The highest BCUT2D eigenvalue weighted by atomic mass is 16.5. The molecule has 74 heavy (non-hydrogen) atoms. The van der Waals surface area contributed by atoms with Gasteiger partial charge in [0.05, 0.1) is 46.7 Å². The SMILES string of the molecule is [B][10B]C1[10B]([B])C1([10B][B])Cc1cc(CC2([10B][B])[10B]([B])C2[10B][B])c(Oc2cccc3c4nc5nc(nc6[nH]c(nc7nc(nc([nH]4)c23)-c2ccccc2-7)c2ccccc62)-c2ccccc2-5)c(CC2([10B][B])[10B]([B])C2[10B][B])c1. The molecule has 3 saturated heterocycles. The molecule has 6 atom stereocenters. The molecule has 27 heteroatoms. The first-order valence-electron chi connectivity index (χ1n) is 24.7. The van der Waals surface area contributed by atoms with E-state index < -0.39 is 15.6 Å². The highest BCUT2D eigenvalue weighted by Gasteiger charge is 2.61. The standard InChI is InChI=1S/C47H28B18N8O/c48-57-42-45(60-51,63(42)54)18-21-16-22(19-46(61-52)43(58-49)64(46)55)33(23(17-21)20-47(62-53)44(59-50)65(47)56)74-31-15-7-14-30-32(31)41-72-39-29-13-6-5-12-28(29)37(70-39)68-35-25-9-2-1-8-24(25)34(66-35)67-36-26-10-3-4-11-27(26)38(69-36)71-40(30)73-41/h1-17,42-44H,18-20H2,(H2,66,67,68,69,70,71,72,73)/i57-1,58-1,59-1,60-1,61-1,62-1,63-1,64-1,65-1. The molecule has 24 radical (unpaired) electrons. The Morgan fingerprint density at radius 1 is 0.459 bits per heavy atom. The van der Waals surface area contributed by atoms with Crippen molar-refractivity contribution in [3.8, 4) is 57.1 Å². The molecule has 2 N–H and O–H groups in total. The molecule has 8 aromatic rings. The first kappa shape index (κ1) is 48.1. The van der Waals surface area contributed by atoms with Crippen LogP contribution in [0.5, 0.6) is 11.5 Å². The number of aromatic nitrogens is 8. The van der Waals surface area contributed by atoms with Crippen LogP contribution in [0.25, 0.3) is 89.7 Å². The summed E-state index contributed by atoms with van der Waals surface area (Å²) < 4.78 is 7.47. The first-order chi connectivity index (χ1) is 36.0. The van der Waals surface area contributed by atoms with Gasteiger partial charge in [0.1, 0.15) is 34.1 Å². The zero-order valence-electron chi connectivity index (χ0n) is 40.2. The Hall–Kier alpha value is -5.57. The van der Waals surface area contributed by atoms with Gasteiger partial charge in [-0.3, -0.25) is 0 Å². The van der Waals surface area contributed by atoms with Crippen molar-refractivity contribution < 1.29 is 4.74 Å². The summed E-state index contributed by atoms with van der Waals surface area (Å²) in [6.07, 6.45) is 1.26. The molecule has 3 aromatic heterocycles. The average molecular weight is 908 g/mol. The van der Waals surface area contributed by atoms with Gasteiger partial charge in [-0.25, -0.2) is 29.9 Å². The van der Waals surface area contributed by atoms with E-state index in [9.17, 15) is 0 Å². The lowest BCUT2D eigenvalue weighted by Crippen LogP contribution is -2.20. The lowest BCUT2D eigenvalue weighted by molar-refractivity contribution is 0.473. The second-order valence-electron chi connectivity index (χ2n) is 20.4. The maximum Gasteiger partial charge on any atom is 0.164 e. The summed E-state index contributed by atoms with van der Waals surface area (Å²) in [7, 11) is 68.2. The first-order valence-corrected chi connectivity index (χ1v) is 24.7. The van der Waals surface area contributed by atoms with Crippen molar-refractivity contribution in [2.45, 2.75) is 52.1 Å². The van der Waals surface area contributed by atoms with Crippen LogP contribution in [0.2, 0.25) is 32.8 Å². The number of hydrogen-bond donors (Lipinski definition) is 2. The third kappa shape index (κ3) is 7.30. The van der Waals surface area contributed by atoms with E-state index in [0.717, 1.165) is 49.7 Å². The Labute approximate surface area is 447 Å². The molecule has 0 amide bonds. The van der Waals surface area contributed by atoms with Gasteiger partial charge in [0.2, 0.25) is 0 Å². The predicted molar refractivity (Wildman–Crippen MR) is 317 cm³/mol. The second-order valence-corrected chi connectivity index (χ2v) is 20.4. The van der Waals surface area contributed by atoms with Crippen LogP contribution in [0.3, 0.4) is 0 Å². The summed E-state index contributed by atoms with van der Waals surface area (Å²) >= 11 is 0. The minimum Gasteiger partial charge on any atom is -0.456 e. The van der Waals surface area contributed by atoms with Crippen LogP contribution in [0.1, 0.15) is 16.7 Å². The van der Waals surface area contributed by atoms with Gasteiger partial charge in [0.25, 0.3) is 0 Å². The van der Waals surface area contributed by atoms with Gasteiger partial charge in [-0.2, -0.15) is 0 Å². The van der Waals surface area contributed by atoms with Crippen molar-refractivity contribution in [3.63, 3.8) is 0 Å². The number of nitrogens with zero attached hydrogens (tertiary/aromatic N) is 6. The Morgan fingerprint density at radius 2 is 0.838 bits per heavy atom. The third-order valence-electron chi connectivity index (χ3n) is 16.7. The number of benzene rings is 5. The van der Waals surface area contributed by atoms with E-state index in [1.807, 2.05) is 91.0 Å². The van der Waals surface area contributed by atoms with Gasteiger partial charge >= 0.3 is 0 Å². The van der Waals surface area contributed by atoms with E-state index in [1.54, 1.807) is 43.0 Å². The van der Waals surface area contributed by atoms with Gasteiger partial charge in [-0.15, -0.1) is 32.8 Å². The normalized spacial score (nSPS) is 22.9. The van der Waals surface area contributed by atoms with E-state index >= 15 is 0 Å². The Kier molecular flexibility index (Phi) is 11.7. The molecule has 5 aliphatic heterocycles. The van der Waals surface area contributed by atoms with E-state index in [1.165, 1.54) is 0 Å². The summed E-state index contributed by atoms with van der Waals surface area (Å²) in [4.78, 5) is 38.2. The molecule has 0 spiro atoms. The minimum absolute atomic E-state index is 0.119. The molecule has 8 bridgehead atoms. The summed E-state index contributed by atoms with van der Waals surface area (Å²) in [6.45, 7) is -0.945. The van der Waals surface area contributed by atoms with Crippen LogP contribution in [0, 0.1) is 0 Å². The number of ether oxygens (including phenoxy) is 1. The van der Waals surface area contributed by atoms with Crippen molar-refractivity contribution in [2.75, 3.05) is 0 Å². The number of fused-ring (bicyclic) bond motifs is 20. The molecule has 9 nitrogen and oxygen atoms in total. The maximum absolute atomic E-state index is 7.47. The summed E-state index contributed by atoms with van der Waals surface area (Å²) in [5.74, 6) is 2.94. The second kappa shape index (κ2) is 18.0. The lowest BCUT2D eigenvalue weighted by atomic mass is 8.78. The fraction of sp³-hybridized carbons (Fsp3) is 0.191. The van der Waals surface area contributed by atoms with Gasteiger partial charge < -0.3 is 14.7 Å². The monoisotopic (exact) mass is 909 g/mol. The molecule has 5 aliphatic rings. The molecule has 3 fully saturated rings. The Bertz CT molecular complexity index is 3740. The highest BCUT2D eigenvalue weighted by molar-refractivity contribution is 7.30. The fourth-order valence-electron chi connectivity index (χ4n) is 12.2. The molecule has 6 unspecified atom stereocenters. The lowest BCUT2D eigenvalue weighted by Gasteiger charge is -2.27. The van der Waals surface area contributed by atoms with Gasteiger partial charge in [-0.05, 0) is 42.0 Å². The summed E-state index contributed by atoms with van der Waals surface area (Å²) in [5.41, 5.74) is 7.52. The van der Waals surface area contributed by atoms with Crippen molar-refractivity contribution >= 4 is 177 Å². The number of H-pyrrole nitrogens is 2. The number of hydrogen-bond acceptors (Lipinski definition) is 7. The molecule has 8 heterocycles. The van der Waals surface area contributed by atoms with Crippen LogP contribution in [-0.2, 0) is 19.3 Å². The van der Waals surface area contributed by atoms with Crippen molar-refractivity contribution in [2.24, 2.45) is 0 Å². The fourth-order valence-corrected chi connectivity index (χ4v) is 12.2. The van der Waals surface area contributed by atoms with Crippen molar-refractivity contribution in [3.05, 3.63) is 120 Å². The van der Waals surface area contributed by atoms with Gasteiger partial charge in [0, 0.05) is 130 Å². The van der Waals surface area contributed by atoms with E-state index in [2.05, 4.69) is 22.1 Å². The quantitative estimate of drug-likeness (QED) is 0.160.